The van der Waals surface area contributed by atoms with Gasteiger partial charge in [-0.3, -0.25) is 4.79 Å². The van der Waals surface area contributed by atoms with Gasteiger partial charge in [-0.15, -0.1) is 0 Å². The third-order valence-electron chi connectivity index (χ3n) is 4.52. The van der Waals surface area contributed by atoms with Crippen LogP contribution in [0.2, 0.25) is 0 Å². The number of hydrogen-bond donors (Lipinski definition) is 0. The van der Waals surface area contributed by atoms with Gasteiger partial charge in [0.1, 0.15) is 35.2 Å². The van der Waals surface area contributed by atoms with Gasteiger partial charge in [-0.05, 0) is 18.6 Å². The Morgan fingerprint density at radius 3 is 2.78 bits per heavy atom. The number of unbranched alkanes of at least 4 members (excludes halogenated alkanes) is 1. The van der Waals surface area contributed by atoms with Gasteiger partial charge >= 0.3 is 0 Å². The van der Waals surface area contributed by atoms with Gasteiger partial charge in [0.25, 0.3) is 0 Å². The van der Waals surface area contributed by atoms with E-state index in [0.29, 0.717) is 59.0 Å². The van der Waals surface area contributed by atoms with Crippen molar-refractivity contribution in [3.8, 4) is 17.2 Å². The van der Waals surface area contributed by atoms with Crippen LogP contribution in [0, 0.1) is 0 Å². The topological polar surface area (TPSA) is 70.4 Å². The normalized spacial score (nSPS) is 15.9. The molecule has 0 saturated carbocycles. The second-order valence-corrected chi connectivity index (χ2v) is 6.53. The van der Waals surface area contributed by atoms with E-state index in [1.807, 2.05) is 0 Å². The predicted molar refractivity (Wildman–Crippen MR) is 102 cm³/mol. The van der Waals surface area contributed by atoms with Crippen LogP contribution in [-0.2, 0) is 4.74 Å². The molecule has 0 bridgehead atoms. The molecule has 1 aliphatic rings. The van der Waals surface area contributed by atoms with Crippen molar-refractivity contribution in [2.45, 2.75) is 25.9 Å². The van der Waals surface area contributed by atoms with Crippen LogP contribution in [0.25, 0.3) is 21.9 Å². The van der Waals surface area contributed by atoms with Crippen molar-refractivity contribution in [2.24, 2.45) is 0 Å². The Bertz CT molecular complexity index is 1020. The summed E-state index contributed by atoms with van der Waals surface area (Å²) in [4.78, 5) is 13.1. The van der Waals surface area contributed by atoms with Gasteiger partial charge in [0.05, 0.1) is 25.7 Å². The molecule has 1 unspecified atom stereocenters. The zero-order valence-electron chi connectivity index (χ0n) is 15.4. The minimum Gasteiger partial charge on any atom is -0.493 e. The number of methoxy groups -OCH3 is 1. The summed E-state index contributed by atoms with van der Waals surface area (Å²) in [6.45, 7) is 3.78. The first-order valence-electron chi connectivity index (χ1n) is 9.16. The summed E-state index contributed by atoms with van der Waals surface area (Å²) < 4.78 is 28.3. The van der Waals surface area contributed by atoms with Crippen molar-refractivity contribution < 1.29 is 23.4 Å². The SMILES string of the molecule is CCCCOc1cc(OCC2CO2)cc2oc3c(OC)cccc3c(=O)c12. The van der Waals surface area contributed by atoms with Gasteiger partial charge < -0.3 is 23.4 Å². The van der Waals surface area contributed by atoms with E-state index in [-0.39, 0.29) is 11.5 Å². The van der Waals surface area contributed by atoms with Crippen molar-refractivity contribution in [3.05, 3.63) is 40.6 Å². The molecule has 0 radical (unpaired) electrons. The summed E-state index contributed by atoms with van der Waals surface area (Å²) >= 11 is 0. The maximum absolute atomic E-state index is 13.1. The number of fused-ring (bicyclic) bond motifs is 2. The van der Waals surface area contributed by atoms with E-state index in [9.17, 15) is 4.79 Å². The van der Waals surface area contributed by atoms with E-state index in [0.717, 1.165) is 12.8 Å². The van der Waals surface area contributed by atoms with Gasteiger partial charge in [-0.1, -0.05) is 19.4 Å². The van der Waals surface area contributed by atoms with E-state index in [1.54, 1.807) is 37.4 Å². The van der Waals surface area contributed by atoms with Crippen molar-refractivity contribution in [3.63, 3.8) is 0 Å². The Morgan fingerprint density at radius 2 is 2.04 bits per heavy atom. The first-order chi connectivity index (χ1) is 13.2. The van der Waals surface area contributed by atoms with Crippen LogP contribution in [0.1, 0.15) is 19.8 Å². The molecule has 4 rings (SSSR count). The molecule has 1 aliphatic heterocycles. The fraction of sp³-hybridized carbons (Fsp3) is 0.381. The summed E-state index contributed by atoms with van der Waals surface area (Å²) in [5.41, 5.74) is 0.686. The average molecular weight is 370 g/mol. The standard InChI is InChI=1S/C21H22O6/c1-3-4-8-24-17-9-13(25-11-14-12-26-14)10-18-19(17)20(22)15-6-5-7-16(23-2)21(15)27-18/h5-7,9-10,14H,3-4,8,11-12H2,1-2H3. The lowest BCUT2D eigenvalue weighted by atomic mass is 10.1. The smallest absolute Gasteiger partial charge is 0.204 e. The molecule has 142 valence electrons. The zero-order chi connectivity index (χ0) is 18.8. The molecule has 0 amide bonds. The van der Waals surface area contributed by atoms with Gasteiger partial charge in [0, 0.05) is 12.1 Å². The van der Waals surface area contributed by atoms with Crippen molar-refractivity contribution in [2.75, 3.05) is 26.9 Å². The Labute approximate surface area is 156 Å². The molecule has 1 saturated heterocycles. The molecule has 1 atom stereocenters. The number of ether oxygens (including phenoxy) is 4. The molecule has 0 aliphatic carbocycles. The van der Waals surface area contributed by atoms with Crippen LogP contribution >= 0.6 is 0 Å². The summed E-state index contributed by atoms with van der Waals surface area (Å²) in [5.74, 6) is 1.57. The lowest BCUT2D eigenvalue weighted by Crippen LogP contribution is -2.08. The van der Waals surface area contributed by atoms with Crippen LogP contribution in [0.3, 0.4) is 0 Å². The monoisotopic (exact) mass is 370 g/mol. The van der Waals surface area contributed by atoms with E-state index in [1.165, 1.54) is 0 Å². The molecular weight excluding hydrogens is 348 g/mol. The zero-order valence-corrected chi connectivity index (χ0v) is 15.4. The van der Waals surface area contributed by atoms with Crippen LogP contribution in [0.4, 0.5) is 0 Å². The van der Waals surface area contributed by atoms with Gasteiger partial charge in [-0.25, -0.2) is 0 Å². The second-order valence-electron chi connectivity index (χ2n) is 6.53. The van der Waals surface area contributed by atoms with Gasteiger partial charge in [-0.2, -0.15) is 0 Å². The van der Waals surface area contributed by atoms with E-state index in [2.05, 4.69) is 6.92 Å². The highest BCUT2D eigenvalue weighted by Gasteiger charge is 2.24. The third-order valence-corrected chi connectivity index (χ3v) is 4.52. The summed E-state index contributed by atoms with van der Waals surface area (Å²) in [7, 11) is 1.55. The number of hydrogen-bond acceptors (Lipinski definition) is 6. The van der Waals surface area contributed by atoms with Crippen LogP contribution in [0.5, 0.6) is 17.2 Å². The second kappa shape index (κ2) is 7.48. The number of rotatable bonds is 8. The van der Waals surface area contributed by atoms with E-state index < -0.39 is 0 Å². The molecule has 6 heteroatoms. The molecule has 2 heterocycles. The quantitative estimate of drug-likeness (QED) is 0.340. The van der Waals surface area contributed by atoms with Crippen molar-refractivity contribution in [1.82, 2.24) is 0 Å². The van der Waals surface area contributed by atoms with Gasteiger partial charge in [0.2, 0.25) is 5.43 Å². The van der Waals surface area contributed by atoms with Gasteiger partial charge in [0.15, 0.2) is 11.3 Å². The molecule has 1 aromatic heterocycles. The van der Waals surface area contributed by atoms with E-state index in [4.69, 9.17) is 23.4 Å². The number of para-hydroxylation sites is 1. The first kappa shape index (κ1) is 17.7. The molecule has 0 spiro atoms. The fourth-order valence-electron chi connectivity index (χ4n) is 2.95. The predicted octanol–water partition coefficient (Wildman–Crippen LogP) is 3.91. The largest absolute Gasteiger partial charge is 0.493 e. The number of epoxide rings is 1. The minimum absolute atomic E-state index is 0.133. The highest BCUT2D eigenvalue weighted by atomic mass is 16.6. The summed E-state index contributed by atoms with van der Waals surface area (Å²) in [6.07, 6.45) is 2.03. The fourth-order valence-corrected chi connectivity index (χ4v) is 2.95. The molecule has 2 aromatic carbocycles. The minimum atomic E-state index is -0.145. The molecule has 27 heavy (non-hydrogen) atoms. The van der Waals surface area contributed by atoms with Crippen molar-refractivity contribution >= 4 is 21.9 Å². The van der Waals surface area contributed by atoms with Crippen LogP contribution < -0.4 is 19.6 Å². The lowest BCUT2D eigenvalue weighted by molar-refractivity contribution is 0.260. The Hall–Kier alpha value is -2.73. The maximum Gasteiger partial charge on any atom is 0.204 e. The molecule has 6 nitrogen and oxygen atoms in total. The highest BCUT2D eigenvalue weighted by Crippen LogP contribution is 2.34. The van der Waals surface area contributed by atoms with E-state index >= 15 is 0 Å². The summed E-state index contributed by atoms with van der Waals surface area (Å²) in [6, 6.07) is 8.74. The molecule has 1 fully saturated rings. The van der Waals surface area contributed by atoms with Crippen LogP contribution in [0.15, 0.2) is 39.5 Å². The lowest BCUT2D eigenvalue weighted by Gasteiger charge is -2.13. The molecule has 0 N–H and O–H groups in total. The maximum atomic E-state index is 13.1. The Balaban J connectivity index is 1.87. The summed E-state index contributed by atoms with van der Waals surface area (Å²) in [5, 5.41) is 0.879. The molecule has 3 aromatic rings. The molecular formula is C21H22O6. The van der Waals surface area contributed by atoms with Crippen LogP contribution in [-0.4, -0.2) is 33.0 Å². The Kier molecular flexibility index (Phi) is 4.90. The third kappa shape index (κ3) is 3.57. The van der Waals surface area contributed by atoms with Crippen molar-refractivity contribution in [1.29, 1.82) is 0 Å². The Morgan fingerprint density at radius 1 is 1.19 bits per heavy atom. The number of benzene rings is 2. The average Bonchev–Trinajstić information content (AvgIpc) is 3.50. The first-order valence-corrected chi connectivity index (χ1v) is 9.16. The highest BCUT2D eigenvalue weighted by molar-refractivity contribution is 5.95.